The number of guanidine groups is 1. The molecule has 1 atom stereocenters. The molecule has 0 aromatic carbocycles. The van der Waals surface area contributed by atoms with Crippen LogP contribution in [0.3, 0.4) is 0 Å². The second-order valence-electron chi connectivity index (χ2n) is 4.95. The maximum Gasteiger partial charge on any atom is 0.191 e. The van der Waals surface area contributed by atoms with Gasteiger partial charge in [-0.1, -0.05) is 20.8 Å². The molecule has 5 heteroatoms. The first kappa shape index (κ1) is 18.7. The molecular formula is C14H26IN3S. The normalized spacial score (nSPS) is 13.0. The molecule has 0 aliphatic carbocycles. The smallest absolute Gasteiger partial charge is 0.191 e. The molecule has 2 N–H and O–H groups in total. The quantitative estimate of drug-likeness (QED) is 0.438. The second kappa shape index (κ2) is 10.5. The number of rotatable bonds is 6. The maximum atomic E-state index is 4.56. The standard InChI is InChI=1S/C14H25N3S.HI/c1-5-15-14(16-8-11(2)3)17-9-12(4)13-6-7-18-10-13;/h6-7,10-12H,5,8-9H2,1-4H3,(H2,15,16,17);1H. The molecule has 1 heterocycles. The summed E-state index contributed by atoms with van der Waals surface area (Å²) in [6.07, 6.45) is 0. The van der Waals surface area contributed by atoms with Crippen molar-refractivity contribution in [2.24, 2.45) is 10.9 Å². The zero-order chi connectivity index (χ0) is 13.4. The van der Waals surface area contributed by atoms with Gasteiger partial charge in [-0.05, 0) is 41.1 Å². The summed E-state index contributed by atoms with van der Waals surface area (Å²) in [6, 6.07) is 2.19. The minimum Gasteiger partial charge on any atom is -0.357 e. The lowest BCUT2D eigenvalue weighted by molar-refractivity contribution is 0.649. The van der Waals surface area contributed by atoms with Crippen molar-refractivity contribution in [1.82, 2.24) is 10.6 Å². The summed E-state index contributed by atoms with van der Waals surface area (Å²) < 4.78 is 0. The Morgan fingerprint density at radius 3 is 2.58 bits per heavy atom. The lowest BCUT2D eigenvalue weighted by atomic mass is 10.1. The van der Waals surface area contributed by atoms with E-state index in [1.807, 2.05) is 0 Å². The van der Waals surface area contributed by atoms with E-state index in [1.54, 1.807) is 11.3 Å². The Balaban J connectivity index is 0.00000324. The van der Waals surface area contributed by atoms with Crippen molar-refractivity contribution in [3.05, 3.63) is 22.4 Å². The molecule has 110 valence electrons. The van der Waals surface area contributed by atoms with E-state index in [0.717, 1.165) is 25.6 Å². The molecule has 19 heavy (non-hydrogen) atoms. The number of aliphatic imine (C=N–C) groups is 1. The molecule has 1 unspecified atom stereocenters. The fraction of sp³-hybridized carbons (Fsp3) is 0.643. The Morgan fingerprint density at radius 1 is 1.32 bits per heavy atom. The van der Waals surface area contributed by atoms with Crippen LogP contribution in [0.25, 0.3) is 0 Å². The van der Waals surface area contributed by atoms with Crippen molar-refractivity contribution in [2.75, 3.05) is 19.6 Å². The summed E-state index contributed by atoms with van der Waals surface area (Å²) in [7, 11) is 0. The van der Waals surface area contributed by atoms with E-state index < -0.39 is 0 Å². The highest BCUT2D eigenvalue weighted by molar-refractivity contribution is 14.0. The van der Waals surface area contributed by atoms with Gasteiger partial charge in [0.15, 0.2) is 5.96 Å². The average Bonchev–Trinajstić information content (AvgIpc) is 2.86. The van der Waals surface area contributed by atoms with Crippen LogP contribution in [0.2, 0.25) is 0 Å². The first-order valence-corrected chi connectivity index (χ1v) is 7.62. The first-order chi connectivity index (χ1) is 8.63. The number of nitrogens with one attached hydrogen (secondary N) is 2. The number of thiophene rings is 1. The van der Waals surface area contributed by atoms with Gasteiger partial charge in [0, 0.05) is 19.6 Å². The number of halogens is 1. The van der Waals surface area contributed by atoms with E-state index in [-0.39, 0.29) is 24.0 Å². The fourth-order valence-corrected chi connectivity index (χ4v) is 2.32. The molecule has 0 aliphatic heterocycles. The van der Waals surface area contributed by atoms with Crippen LogP contribution in [-0.2, 0) is 0 Å². The Labute approximate surface area is 138 Å². The molecule has 1 aromatic rings. The largest absolute Gasteiger partial charge is 0.357 e. The highest BCUT2D eigenvalue weighted by Gasteiger charge is 2.06. The van der Waals surface area contributed by atoms with Crippen LogP contribution in [0.1, 0.15) is 39.2 Å². The molecule has 1 rings (SSSR count). The average molecular weight is 395 g/mol. The zero-order valence-electron chi connectivity index (χ0n) is 12.3. The van der Waals surface area contributed by atoms with E-state index in [0.29, 0.717) is 11.8 Å². The van der Waals surface area contributed by atoms with Crippen molar-refractivity contribution in [3.63, 3.8) is 0 Å². The van der Waals surface area contributed by atoms with Gasteiger partial charge in [0.2, 0.25) is 0 Å². The van der Waals surface area contributed by atoms with Gasteiger partial charge in [-0.2, -0.15) is 11.3 Å². The molecule has 0 aliphatic rings. The minimum absolute atomic E-state index is 0. The molecule has 0 bridgehead atoms. The van der Waals surface area contributed by atoms with Crippen LogP contribution in [-0.4, -0.2) is 25.6 Å². The Bertz CT molecular complexity index is 350. The van der Waals surface area contributed by atoms with Gasteiger partial charge in [0.05, 0.1) is 0 Å². The Hall–Kier alpha value is -0.300. The molecule has 0 saturated heterocycles. The summed E-state index contributed by atoms with van der Waals surface area (Å²) in [5, 5.41) is 11.0. The second-order valence-corrected chi connectivity index (χ2v) is 5.73. The van der Waals surface area contributed by atoms with Crippen molar-refractivity contribution in [2.45, 2.75) is 33.6 Å². The topological polar surface area (TPSA) is 36.4 Å². The van der Waals surface area contributed by atoms with Crippen LogP contribution in [0.4, 0.5) is 0 Å². The van der Waals surface area contributed by atoms with Crippen molar-refractivity contribution < 1.29 is 0 Å². The van der Waals surface area contributed by atoms with Gasteiger partial charge in [-0.25, -0.2) is 0 Å². The summed E-state index contributed by atoms with van der Waals surface area (Å²) >= 11 is 1.75. The van der Waals surface area contributed by atoms with Crippen molar-refractivity contribution in [3.8, 4) is 0 Å². The molecular weight excluding hydrogens is 369 g/mol. The molecule has 0 spiro atoms. The first-order valence-electron chi connectivity index (χ1n) is 6.67. The van der Waals surface area contributed by atoms with Crippen LogP contribution < -0.4 is 10.6 Å². The molecule has 0 fully saturated rings. The van der Waals surface area contributed by atoms with E-state index >= 15 is 0 Å². The van der Waals surface area contributed by atoms with Gasteiger partial charge in [0.25, 0.3) is 0 Å². The number of nitrogens with zero attached hydrogens (tertiary/aromatic N) is 1. The zero-order valence-corrected chi connectivity index (χ0v) is 15.4. The maximum absolute atomic E-state index is 4.56. The van der Waals surface area contributed by atoms with Crippen molar-refractivity contribution in [1.29, 1.82) is 0 Å². The van der Waals surface area contributed by atoms with Crippen molar-refractivity contribution >= 4 is 41.3 Å². The van der Waals surface area contributed by atoms with Crippen LogP contribution in [0.15, 0.2) is 21.8 Å². The lowest BCUT2D eigenvalue weighted by Crippen LogP contribution is -2.39. The monoisotopic (exact) mass is 395 g/mol. The molecule has 3 nitrogen and oxygen atoms in total. The molecule has 0 amide bonds. The third-order valence-electron chi connectivity index (χ3n) is 2.65. The Kier molecular flexibility index (Phi) is 10.3. The van der Waals surface area contributed by atoms with Crippen LogP contribution >= 0.6 is 35.3 Å². The predicted molar refractivity (Wildman–Crippen MR) is 97.0 cm³/mol. The fourth-order valence-electron chi connectivity index (χ4n) is 1.54. The summed E-state index contributed by atoms with van der Waals surface area (Å²) in [4.78, 5) is 4.56. The van der Waals surface area contributed by atoms with Gasteiger partial charge in [0.1, 0.15) is 0 Å². The van der Waals surface area contributed by atoms with Gasteiger partial charge < -0.3 is 10.6 Å². The summed E-state index contributed by atoms with van der Waals surface area (Å²) in [5.41, 5.74) is 1.40. The summed E-state index contributed by atoms with van der Waals surface area (Å²) in [5.74, 6) is 2.03. The number of hydrogen-bond acceptors (Lipinski definition) is 2. The van der Waals surface area contributed by atoms with E-state index in [2.05, 4.69) is 60.1 Å². The van der Waals surface area contributed by atoms with Gasteiger partial charge in [-0.15, -0.1) is 24.0 Å². The van der Waals surface area contributed by atoms with Gasteiger partial charge in [-0.3, -0.25) is 4.99 Å². The number of hydrogen-bond donors (Lipinski definition) is 2. The Morgan fingerprint density at radius 2 is 2.05 bits per heavy atom. The third kappa shape index (κ3) is 7.77. The van der Waals surface area contributed by atoms with E-state index in [1.165, 1.54) is 5.56 Å². The summed E-state index contributed by atoms with van der Waals surface area (Å²) in [6.45, 7) is 11.4. The van der Waals surface area contributed by atoms with Gasteiger partial charge >= 0.3 is 0 Å². The highest BCUT2D eigenvalue weighted by Crippen LogP contribution is 2.16. The molecule has 0 saturated carbocycles. The van der Waals surface area contributed by atoms with Crippen LogP contribution in [0, 0.1) is 5.92 Å². The van der Waals surface area contributed by atoms with E-state index in [9.17, 15) is 0 Å². The van der Waals surface area contributed by atoms with E-state index in [4.69, 9.17) is 0 Å². The molecule has 1 aromatic heterocycles. The lowest BCUT2D eigenvalue weighted by Gasteiger charge is -2.15. The molecule has 0 radical (unpaired) electrons. The minimum atomic E-state index is 0. The predicted octanol–water partition coefficient (Wildman–Crippen LogP) is 3.68. The van der Waals surface area contributed by atoms with Crippen LogP contribution in [0.5, 0.6) is 0 Å². The highest BCUT2D eigenvalue weighted by atomic mass is 127. The SMILES string of the molecule is CCNC(=NCC(C)C)NCC(C)c1ccsc1.I. The third-order valence-corrected chi connectivity index (χ3v) is 3.35.